The Kier molecular flexibility index (Phi) is 4.65. The van der Waals surface area contributed by atoms with Crippen LogP contribution in [0.1, 0.15) is 16.1 Å². The van der Waals surface area contributed by atoms with Gasteiger partial charge in [-0.1, -0.05) is 6.07 Å². The largest absolute Gasteiger partial charge is 0.438 e. The highest BCUT2D eigenvalue weighted by Gasteiger charge is 2.11. The molecule has 0 aliphatic heterocycles. The Labute approximate surface area is 142 Å². The molecule has 2 aromatic carbocycles. The number of hydrogen-bond acceptors (Lipinski definition) is 4. The Bertz CT molecular complexity index is 914. The number of halogens is 2. The Balaban J connectivity index is 1.76. The molecule has 1 aromatic heterocycles. The Morgan fingerprint density at radius 3 is 2.60 bits per heavy atom. The fraction of sp³-hybridized carbons (Fsp3) is 0.0556. The molecule has 0 atom stereocenters. The van der Waals surface area contributed by atoms with E-state index in [0.29, 0.717) is 11.8 Å². The van der Waals surface area contributed by atoms with Gasteiger partial charge in [0.1, 0.15) is 17.4 Å². The van der Waals surface area contributed by atoms with E-state index >= 15 is 0 Å². The topological polar surface area (TPSA) is 64.1 Å². The molecular weight excluding hydrogens is 328 g/mol. The lowest BCUT2D eigenvalue weighted by atomic mass is 10.2. The van der Waals surface area contributed by atoms with Gasteiger partial charge in [-0.3, -0.25) is 4.79 Å². The van der Waals surface area contributed by atoms with Crippen LogP contribution in [0.5, 0.6) is 11.6 Å². The van der Waals surface area contributed by atoms with Crippen LogP contribution in [0.15, 0.2) is 54.6 Å². The molecule has 0 saturated heterocycles. The minimum atomic E-state index is -0.851. The van der Waals surface area contributed by atoms with Crippen LogP contribution >= 0.6 is 0 Å². The number of carbonyl (C=O) groups excluding carboxylic acids is 1. The van der Waals surface area contributed by atoms with Crippen LogP contribution < -0.4 is 10.1 Å². The molecule has 3 rings (SSSR count). The van der Waals surface area contributed by atoms with Crippen LogP contribution in [-0.4, -0.2) is 16.1 Å². The first-order chi connectivity index (χ1) is 12.0. The number of nitrogens with zero attached hydrogens (tertiary/aromatic N) is 2. The van der Waals surface area contributed by atoms with Gasteiger partial charge in [-0.2, -0.15) is 5.10 Å². The maximum absolute atomic E-state index is 13.6. The minimum absolute atomic E-state index is 0.109. The van der Waals surface area contributed by atoms with Crippen molar-refractivity contribution in [3.05, 3.63) is 77.5 Å². The number of ether oxygens (including phenoxy) is 1. The van der Waals surface area contributed by atoms with Crippen molar-refractivity contribution >= 4 is 11.6 Å². The van der Waals surface area contributed by atoms with E-state index in [2.05, 4.69) is 15.5 Å². The number of aromatic nitrogens is 2. The fourth-order valence-electron chi connectivity index (χ4n) is 2.05. The lowest BCUT2D eigenvalue weighted by molar-refractivity contribution is 0.102. The van der Waals surface area contributed by atoms with E-state index in [1.54, 1.807) is 37.3 Å². The van der Waals surface area contributed by atoms with Gasteiger partial charge in [0.2, 0.25) is 5.88 Å². The quantitative estimate of drug-likeness (QED) is 0.776. The maximum Gasteiger partial charge on any atom is 0.255 e. The number of nitrogens with one attached hydrogen (secondary N) is 1. The Morgan fingerprint density at radius 2 is 1.88 bits per heavy atom. The monoisotopic (exact) mass is 341 g/mol. The van der Waals surface area contributed by atoms with Crippen LogP contribution in [0.25, 0.3) is 0 Å². The molecule has 0 aliphatic rings. The molecule has 0 bridgehead atoms. The van der Waals surface area contributed by atoms with E-state index in [1.807, 2.05) is 0 Å². The van der Waals surface area contributed by atoms with Gasteiger partial charge in [0.05, 0.1) is 11.4 Å². The van der Waals surface area contributed by atoms with Gasteiger partial charge in [-0.05, 0) is 43.3 Å². The van der Waals surface area contributed by atoms with Crippen molar-refractivity contribution in [1.82, 2.24) is 10.2 Å². The van der Waals surface area contributed by atoms with Crippen molar-refractivity contribution in [2.24, 2.45) is 0 Å². The summed E-state index contributed by atoms with van der Waals surface area (Å²) in [6, 6.07) is 12.6. The van der Waals surface area contributed by atoms with Crippen LogP contribution in [-0.2, 0) is 0 Å². The zero-order chi connectivity index (χ0) is 17.8. The summed E-state index contributed by atoms with van der Waals surface area (Å²) in [5.74, 6) is -1.45. The molecule has 0 aliphatic carbocycles. The van der Waals surface area contributed by atoms with Crippen molar-refractivity contribution < 1.29 is 18.3 Å². The molecule has 1 heterocycles. The number of anilines is 1. The van der Waals surface area contributed by atoms with Crippen LogP contribution in [0.4, 0.5) is 14.5 Å². The number of aryl methyl sites for hydroxylation is 1. The Morgan fingerprint density at radius 1 is 1.04 bits per heavy atom. The van der Waals surface area contributed by atoms with E-state index in [-0.39, 0.29) is 17.1 Å². The third-order valence-electron chi connectivity index (χ3n) is 3.27. The third-order valence-corrected chi connectivity index (χ3v) is 3.27. The first-order valence-corrected chi connectivity index (χ1v) is 7.36. The molecule has 0 saturated carbocycles. The van der Waals surface area contributed by atoms with E-state index in [0.717, 1.165) is 17.8 Å². The number of hydrogen-bond donors (Lipinski definition) is 1. The van der Waals surface area contributed by atoms with Crippen molar-refractivity contribution in [3.8, 4) is 11.6 Å². The van der Waals surface area contributed by atoms with Crippen LogP contribution in [0, 0.1) is 18.6 Å². The molecule has 1 N–H and O–H groups in total. The van der Waals surface area contributed by atoms with Crippen molar-refractivity contribution in [2.75, 3.05) is 5.32 Å². The summed E-state index contributed by atoms with van der Waals surface area (Å²) in [5, 5.41) is 10.1. The zero-order valence-corrected chi connectivity index (χ0v) is 13.2. The summed E-state index contributed by atoms with van der Waals surface area (Å²) in [5.41, 5.74) is 0.894. The highest BCUT2D eigenvalue weighted by Crippen LogP contribution is 2.21. The van der Waals surface area contributed by atoms with E-state index in [9.17, 15) is 13.6 Å². The van der Waals surface area contributed by atoms with Crippen molar-refractivity contribution in [3.63, 3.8) is 0 Å². The second-order valence-corrected chi connectivity index (χ2v) is 5.22. The van der Waals surface area contributed by atoms with Crippen LogP contribution in [0.2, 0.25) is 0 Å². The van der Waals surface area contributed by atoms with E-state index in [1.165, 1.54) is 6.07 Å². The van der Waals surface area contributed by atoms with Crippen molar-refractivity contribution in [2.45, 2.75) is 6.92 Å². The first kappa shape index (κ1) is 16.5. The number of carbonyl (C=O) groups is 1. The summed E-state index contributed by atoms with van der Waals surface area (Å²) >= 11 is 0. The number of rotatable bonds is 4. The lowest BCUT2D eigenvalue weighted by Gasteiger charge is -2.08. The Hall–Kier alpha value is -3.35. The van der Waals surface area contributed by atoms with Gasteiger partial charge in [0.25, 0.3) is 5.91 Å². The van der Waals surface area contributed by atoms with Crippen LogP contribution in [0.3, 0.4) is 0 Å². The average Bonchev–Trinajstić information content (AvgIpc) is 2.60. The smallest absolute Gasteiger partial charge is 0.255 e. The van der Waals surface area contributed by atoms with Gasteiger partial charge in [0, 0.05) is 17.7 Å². The van der Waals surface area contributed by atoms with Crippen molar-refractivity contribution in [1.29, 1.82) is 0 Å². The van der Waals surface area contributed by atoms with Gasteiger partial charge in [0.15, 0.2) is 0 Å². The molecule has 25 heavy (non-hydrogen) atoms. The predicted octanol–water partition coefficient (Wildman–Crippen LogP) is 4.11. The number of benzene rings is 2. The first-order valence-electron chi connectivity index (χ1n) is 7.36. The van der Waals surface area contributed by atoms with Gasteiger partial charge >= 0.3 is 0 Å². The predicted molar refractivity (Wildman–Crippen MR) is 87.6 cm³/mol. The summed E-state index contributed by atoms with van der Waals surface area (Å²) in [7, 11) is 0. The molecule has 0 fully saturated rings. The lowest BCUT2D eigenvalue weighted by Crippen LogP contribution is -2.13. The molecule has 126 valence electrons. The SMILES string of the molecule is Cc1ccc(Oc2cccc(C(=O)Nc3ccc(F)cc3F)c2)nn1. The minimum Gasteiger partial charge on any atom is -0.438 e. The van der Waals surface area contributed by atoms with Gasteiger partial charge < -0.3 is 10.1 Å². The summed E-state index contributed by atoms with van der Waals surface area (Å²) < 4.78 is 32.1. The summed E-state index contributed by atoms with van der Waals surface area (Å²) in [4.78, 5) is 12.2. The highest BCUT2D eigenvalue weighted by atomic mass is 19.1. The second kappa shape index (κ2) is 7.04. The average molecular weight is 341 g/mol. The molecule has 5 nitrogen and oxygen atoms in total. The zero-order valence-electron chi connectivity index (χ0n) is 13.2. The maximum atomic E-state index is 13.6. The molecule has 7 heteroatoms. The summed E-state index contributed by atoms with van der Waals surface area (Å²) in [6.45, 7) is 1.80. The standard InChI is InChI=1S/C18H13F2N3O2/c1-11-5-8-17(23-22-11)25-14-4-2-3-12(9-14)18(24)21-16-7-6-13(19)10-15(16)20/h2-10H,1H3,(H,21,24). The normalized spacial score (nSPS) is 10.4. The molecular formula is C18H13F2N3O2. The van der Waals surface area contributed by atoms with E-state index in [4.69, 9.17) is 4.74 Å². The molecule has 0 radical (unpaired) electrons. The third kappa shape index (κ3) is 4.14. The number of amides is 1. The summed E-state index contributed by atoms with van der Waals surface area (Å²) in [6.07, 6.45) is 0. The van der Waals surface area contributed by atoms with Gasteiger partial charge in [-0.15, -0.1) is 5.10 Å². The molecule has 1 amide bonds. The molecule has 0 unspecified atom stereocenters. The molecule has 0 spiro atoms. The highest BCUT2D eigenvalue weighted by molar-refractivity contribution is 6.04. The van der Waals surface area contributed by atoms with Gasteiger partial charge in [-0.25, -0.2) is 8.78 Å². The van der Waals surface area contributed by atoms with E-state index < -0.39 is 17.5 Å². The molecule has 3 aromatic rings. The second-order valence-electron chi connectivity index (χ2n) is 5.22. The fourth-order valence-corrected chi connectivity index (χ4v) is 2.05.